The summed E-state index contributed by atoms with van der Waals surface area (Å²) < 4.78 is 6.97. The molecule has 0 saturated heterocycles. The summed E-state index contributed by atoms with van der Waals surface area (Å²) >= 11 is 8.49. The Bertz CT molecular complexity index is 567. The Morgan fingerprint density at radius 1 is 1.25 bits per heavy atom. The van der Waals surface area contributed by atoms with Crippen molar-refractivity contribution >= 4 is 34.2 Å². The molecule has 20 heavy (non-hydrogen) atoms. The van der Waals surface area contributed by atoms with Crippen molar-refractivity contribution in [1.29, 1.82) is 0 Å². The van der Waals surface area contributed by atoms with Crippen LogP contribution in [0.15, 0.2) is 34.7 Å². The number of benzene rings is 1. The van der Waals surface area contributed by atoms with E-state index in [1.807, 2.05) is 18.2 Å². The Morgan fingerprint density at radius 2 is 2.05 bits per heavy atom. The molecule has 0 saturated carbocycles. The summed E-state index contributed by atoms with van der Waals surface area (Å²) in [5, 5.41) is 4.32. The van der Waals surface area contributed by atoms with Gasteiger partial charge in [-0.25, -0.2) is 0 Å². The number of halogens is 2. The van der Waals surface area contributed by atoms with Crippen LogP contribution in [0.2, 0.25) is 5.02 Å². The average Bonchev–Trinajstić information content (AvgIpc) is 2.92. The number of hydrogen-bond donors (Lipinski definition) is 1. The van der Waals surface area contributed by atoms with Crippen LogP contribution in [0.5, 0.6) is 0 Å². The van der Waals surface area contributed by atoms with E-state index in [1.165, 1.54) is 0 Å². The van der Waals surface area contributed by atoms with Crippen molar-refractivity contribution in [3.05, 3.63) is 56.0 Å². The van der Waals surface area contributed by atoms with Gasteiger partial charge in [-0.05, 0) is 65.4 Å². The summed E-state index contributed by atoms with van der Waals surface area (Å²) in [5.41, 5.74) is 1.14. The van der Waals surface area contributed by atoms with Crippen LogP contribution in [0.25, 0.3) is 0 Å². The average molecular weight is 404 g/mol. The molecule has 1 unspecified atom stereocenters. The van der Waals surface area contributed by atoms with E-state index in [0.29, 0.717) is 0 Å². The lowest BCUT2D eigenvalue weighted by atomic mass is 10.0. The van der Waals surface area contributed by atoms with Gasteiger partial charge in [-0.15, -0.1) is 0 Å². The first-order valence-corrected chi connectivity index (χ1v) is 8.38. The number of hydrogen-bond acceptors (Lipinski definition) is 2. The van der Waals surface area contributed by atoms with Crippen LogP contribution in [-0.4, -0.2) is 6.54 Å². The summed E-state index contributed by atoms with van der Waals surface area (Å²) in [6.45, 7) is 5.19. The van der Waals surface area contributed by atoms with E-state index >= 15 is 0 Å². The SMILES string of the molecule is CCCNC(c1ccc(I)c(Cl)c1)c1ccc(CC)o1. The molecule has 4 heteroatoms. The van der Waals surface area contributed by atoms with Crippen LogP contribution in [0.1, 0.15) is 43.4 Å². The molecule has 0 aliphatic carbocycles. The fraction of sp³-hybridized carbons (Fsp3) is 0.375. The van der Waals surface area contributed by atoms with E-state index < -0.39 is 0 Å². The van der Waals surface area contributed by atoms with Gasteiger partial charge in [0.1, 0.15) is 11.5 Å². The third-order valence-electron chi connectivity index (χ3n) is 3.19. The highest BCUT2D eigenvalue weighted by Gasteiger charge is 2.18. The van der Waals surface area contributed by atoms with E-state index in [4.69, 9.17) is 16.0 Å². The highest BCUT2D eigenvalue weighted by Crippen LogP contribution is 2.28. The first-order valence-electron chi connectivity index (χ1n) is 6.92. The molecular weight excluding hydrogens is 385 g/mol. The topological polar surface area (TPSA) is 25.2 Å². The van der Waals surface area contributed by atoms with Crippen molar-refractivity contribution in [2.24, 2.45) is 0 Å². The van der Waals surface area contributed by atoms with Crippen molar-refractivity contribution in [2.45, 2.75) is 32.7 Å². The van der Waals surface area contributed by atoms with E-state index in [2.05, 4.69) is 53.9 Å². The van der Waals surface area contributed by atoms with Crippen molar-refractivity contribution in [1.82, 2.24) is 5.32 Å². The highest BCUT2D eigenvalue weighted by molar-refractivity contribution is 14.1. The summed E-state index contributed by atoms with van der Waals surface area (Å²) in [6, 6.07) is 10.3. The molecule has 0 radical (unpaired) electrons. The quantitative estimate of drug-likeness (QED) is 0.672. The van der Waals surface area contributed by atoms with Gasteiger partial charge in [0.2, 0.25) is 0 Å². The second-order valence-electron chi connectivity index (χ2n) is 4.72. The molecule has 0 amide bonds. The Hall–Kier alpha value is -0.520. The maximum Gasteiger partial charge on any atom is 0.125 e. The van der Waals surface area contributed by atoms with E-state index in [-0.39, 0.29) is 6.04 Å². The van der Waals surface area contributed by atoms with Gasteiger partial charge < -0.3 is 9.73 Å². The normalized spacial score (nSPS) is 12.6. The molecule has 1 N–H and O–H groups in total. The minimum Gasteiger partial charge on any atom is -0.464 e. The summed E-state index contributed by atoms with van der Waals surface area (Å²) in [4.78, 5) is 0. The Balaban J connectivity index is 2.32. The second-order valence-corrected chi connectivity index (χ2v) is 6.29. The molecular formula is C16H19ClINO. The van der Waals surface area contributed by atoms with Crippen molar-refractivity contribution < 1.29 is 4.42 Å². The van der Waals surface area contributed by atoms with Crippen LogP contribution < -0.4 is 5.32 Å². The molecule has 2 nitrogen and oxygen atoms in total. The van der Waals surface area contributed by atoms with Gasteiger partial charge >= 0.3 is 0 Å². The maximum atomic E-state index is 6.25. The highest BCUT2D eigenvalue weighted by atomic mass is 127. The predicted octanol–water partition coefficient (Wildman–Crippen LogP) is 5.19. The van der Waals surface area contributed by atoms with Crippen LogP contribution >= 0.6 is 34.2 Å². The third kappa shape index (κ3) is 3.77. The summed E-state index contributed by atoms with van der Waals surface area (Å²) in [6.07, 6.45) is 1.99. The van der Waals surface area contributed by atoms with Gasteiger partial charge in [-0.3, -0.25) is 0 Å². The van der Waals surface area contributed by atoms with Crippen LogP contribution in [0.4, 0.5) is 0 Å². The molecule has 0 aliphatic heterocycles. The van der Waals surface area contributed by atoms with Crippen molar-refractivity contribution in [3.8, 4) is 0 Å². The standard InChI is InChI=1S/C16H19ClINO/c1-3-9-19-16(15-8-6-12(4-2)20-15)11-5-7-14(18)13(17)10-11/h5-8,10,16,19H,3-4,9H2,1-2H3. The lowest BCUT2D eigenvalue weighted by Crippen LogP contribution is -2.22. The molecule has 0 spiro atoms. The van der Waals surface area contributed by atoms with Crippen LogP contribution in [0, 0.1) is 3.57 Å². The zero-order valence-corrected chi connectivity index (χ0v) is 14.7. The molecule has 2 rings (SSSR count). The molecule has 1 aromatic carbocycles. The Labute approximate surface area is 139 Å². The first kappa shape index (κ1) is 15.9. The van der Waals surface area contributed by atoms with Crippen LogP contribution in [-0.2, 0) is 6.42 Å². The van der Waals surface area contributed by atoms with Gasteiger partial charge in [0.15, 0.2) is 0 Å². The minimum atomic E-state index is 0.0600. The fourth-order valence-electron chi connectivity index (χ4n) is 2.10. The summed E-state index contributed by atoms with van der Waals surface area (Å²) in [5.74, 6) is 1.97. The molecule has 1 aromatic heterocycles. The van der Waals surface area contributed by atoms with Gasteiger partial charge in [-0.1, -0.05) is 31.5 Å². The molecule has 0 fully saturated rings. The summed E-state index contributed by atoms with van der Waals surface area (Å²) in [7, 11) is 0. The molecule has 1 heterocycles. The van der Waals surface area contributed by atoms with E-state index in [9.17, 15) is 0 Å². The number of aryl methyl sites for hydroxylation is 1. The Kier molecular flexibility index (Phi) is 5.93. The zero-order valence-electron chi connectivity index (χ0n) is 11.7. The molecule has 0 bridgehead atoms. The van der Waals surface area contributed by atoms with Crippen molar-refractivity contribution in [3.63, 3.8) is 0 Å². The van der Waals surface area contributed by atoms with E-state index in [1.54, 1.807) is 0 Å². The van der Waals surface area contributed by atoms with Gasteiger partial charge in [0.25, 0.3) is 0 Å². The molecule has 1 atom stereocenters. The lowest BCUT2D eigenvalue weighted by Gasteiger charge is -2.17. The predicted molar refractivity (Wildman–Crippen MR) is 92.4 cm³/mol. The third-order valence-corrected chi connectivity index (χ3v) is 4.76. The second kappa shape index (κ2) is 7.48. The fourth-order valence-corrected chi connectivity index (χ4v) is 2.63. The zero-order chi connectivity index (χ0) is 14.5. The lowest BCUT2D eigenvalue weighted by molar-refractivity contribution is 0.422. The first-order chi connectivity index (χ1) is 9.65. The number of nitrogens with one attached hydrogen (secondary N) is 1. The number of furan rings is 1. The number of rotatable bonds is 6. The molecule has 108 valence electrons. The van der Waals surface area contributed by atoms with Gasteiger partial charge in [0, 0.05) is 9.99 Å². The van der Waals surface area contributed by atoms with Gasteiger partial charge in [0.05, 0.1) is 11.1 Å². The Morgan fingerprint density at radius 3 is 2.65 bits per heavy atom. The van der Waals surface area contributed by atoms with Crippen molar-refractivity contribution in [2.75, 3.05) is 6.54 Å². The van der Waals surface area contributed by atoms with Crippen LogP contribution in [0.3, 0.4) is 0 Å². The molecule has 0 aliphatic rings. The van der Waals surface area contributed by atoms with Gasteiger partial charge in [-0.2, -0.15) is 0 Å². The monoisotopic (exact) mass is 403 g/mol. The molecule has 2 aromatic rings. The smallest absolute Gasteiger partial charge is 0.125 e. The maximum absolute atomic E-state index is 6.25. The minimum absolute atomic E-state index is 0.0600. The largest absolute Gasteiger partial charge is 0.464 e. The van der Waals surface area contributed by atoms with E-state index in [0.717, 1.165) is 45.1 Å².